The van der Waals surface area contributed by atoms with Crippen molar-refractivity contribution in [1.82, 2.24) is 0 Å². The van der Waals surface area contributed by atoms with Crippen molar-refractivity contribution in [1.29, 1.82) is 0 Å². The lowest BCUT2D eigenvalue weighted by Gasteiger charge is -2.36. The van der Waals surface area contributed by atoms with E-state index in [4.69, 9.17) is 4.74 Å². The summed E-state index contributed by atoms with van der Waals surface area (Å²) in [5.41, 5.74) is -0.271. The molecule has 3 rings (SSSR count). The molecule has 1 N–H and O–H groups in total. The number of esters is 1. The third kappa shape index (κ3) is 2.73. The van der Waals surface area contributed by atoms with Gasteiger partial charge in [-0.25, -0.2) is 0 Å². The first-order valence-corrected chi connectivity index (χ1v) is 10.6. The molecule has 0 spiro atoms. The lowest BCUT2D eigenvalue weighted by Crippen LogP contribution is -2.62. The standard InChI is InChI=1S/C19H22O3Si/c1-14(20)17-13-22-19(21)18(17)23(2,15-9-5-3-6-10-15)16-11-7-4-8-12-16/h3-12,14,17-18,20H,13H2,1-2H3/t14-,17+,18-/m0/s1. The molecular formula is C19H22O3Si. The number of aliphatic hydroxyl groups excluding tert-OH is 1. The normalized spacial score (nSPS) is 22.7. The maximum Gasteiger partial charge on any atom is 0.307 e. The van der Waals surface area contributed by atoms with Crippen molar-refractivity contribution < 1.29 is 14.6 Å². The largest absolute Gasteiger partial charge is 0.465 e. The highest BCUT2D eigenvalue weighted by atomic mass is 28.3. The molecule has 3 atom stereocenters. The molecule has 1 fully saturated rings. The van der Waals surface area contributed by atoms with Gasteiger partial charge in [0.25, 0.3) is 0 Å². The van der Waals surface area contributed by atoms with E-state index in [1.54, 1.807) is 6.92 Å². The number of rotatable bonds is 4. The molecule has 0 radical (unpaired) electrons. The summed E-state index contributed by atoms with van der Waals surface area (Å²) in [6.45, 7) is 4.28. The Balaban J connectivity index is 2.18. The molecule has 1 heterocycles. The fraction of sp³-hybridized carbons (Fsp3) is 0.316. The van der Waals surface area contributed by atoms with E-state index in [2.05, 4.69) is 30.8 Å². The number of ether oxygens (including phenoxy) is 1. The summed E-state index contributed by atoms with van der Waals surface area (Å²) in [5, 5.41) is 12.6. The van der Waals surface area contributed by atoms with Crippen LogP contribution < -0.4 is 10.4 Å². The summed E-state index contributed by atoms with van der Waals surface area (Å²) in [6, 6.07) is 20.4. The monoisotopic (exact) mass is 326 g/mol. The van der Waals surface area contributed by atoms with E-state index in [0.717, 1.165) is 0 Å². The van der Waals surface area contributed by atoms with Crippen LogP contribution in [0, 0.1) is 5.92 Å². The number of carbonyl (C=O) groups is 1. The van der Waals surface area contributed by atoms with Crippen molar-refractivity contribution in [2.24, 2.45) is 5.92 Å². The summed E-state index contributed by atoms with van der Waals surface area (Å²) in [7, 11) is -2.39. The predicted octanol–water partition coefficient (Wildman–Crippen LogP) is 1.80. The zero-order chi connectivity index (χ0) is 16.4. The molecule has 0 saturated carbocycles. The van der Waals surface area contributed by atoms with Crippen LogP contribution in [0.4, 0.5) is 0 Å². The fourth-order valence-electron chi connectivity index (χ4n) is 3.72. The molecular weight excluding hydrogens is 304 g/mol. The maximum absolute atomic E-state index is 12.6. The van der Waals surface area contributed by atoms with Gasteiger partial charge in [0.1, 0.15) is 8.07 Å². The van der Waals surface area contributed by atoms with E-state index in [-0.39, 0.29) is 17.4 Å². The summed E-state index contributed by atoms with van der Waals surface area (Å²) in [4.78, 5) is 12.6. The first-order valence-electron chi connectivity index (χ1n) is 8.01. The van der Waals surface area contributed by atoms with Crippen LogP contribution in [0.1, 0.15) is 6.92 Å². The summed E-state index contributed by atoms with van der Waals surface area (Å²) in [5.74, 6) is -0.322. The van der Waals surface area contributed by atoms with Gasteiger partial charge in [0, 0.05) is 5.92 Å². The molecule has 1 saturated heterocycles. The Morgan fingerprint density at radius 2 is 1.52 bits per heavy atom. The number of benzene rings is 2. The van der Waals surface area contributed by atoms with E-state index in [0.29, 0.717) is 6.61 Å². The van der Waals surface area contributed by atoms with Crippen molar-refractivity contribution in [3.63, 3.8) is 0 Å². The van der Waals surface area contributed by atoms with Gasteiger partial charge in [0.15, 0.2) is 0 Å². The molecule has 4 heteroatoms. The molecule has 23 heavy (non-hydrogen) atoms. The van der Waals surface area contributed by atoms with Crippen molar-refractivity contribution in [2.45, 2.75) is 25.1 Å². The molecule has 2 aromatic carbocycles. The van der Waals surface area contributed by atoms with Gasteiger partial charge in [-0.1, -0.05) is 77.6 Å². The average molecular weight is 326 g/mol. The van der Waals surface area contributed by atoms with Crippen LogP contribution in [-0.2, 0) is 9.53 Å². The highest BCUT2D eigenvalue weighted by Crippen LogP contribution is 2.38. The number of hydrogen-bond acceptors (Lipinski definition) is 3. The Bertz CT molecular complexity index is 630. The van der Waals surface area contributed by atoms with Gasteiger partial charge >= 0.3 is 5.97 Å². The van der Waals surface area contributed by atoms with Gasteiger partial charge < -0.3 is 9.84 Å². The smallest absolute Gasteiger partial charge is 0.307 e. The quantitative estimate of drug-likeness (QED) is 0.688. The van der Waals surface area contributed by atoms with Crippen molar-refractivity contribution in [3.05, 3.63) is 60.7 Å². The molecule has 1 aliphatic heterocycles. The van der Waals surface area contributed by atoms with E-state index in [9.17, 15) is 9.90 Å². The predicted molar refractivity (Wildman–Crippen MR) is 93.6 cm³/mol. The molecule has 0 unspecified atom stereocenters. The van der Waals surface area contributed by atoms with Gasteiger partial charge in [-0.15, -0.1) is 0 Å². The Hall–Kier alpha value is -1.91. The average Bonchev–Trinajstić information content (AvgIpc) is 2.98. The second-order valence-electron chi connectivity index (χ2n) is 6.45. The van der Waals surface area contributed by atoms with Crippen LogP contribution in [-0.4, -0.2) is 31.9 Å². The summed E-state index contributed by atoms with van der Waals surface area (Å²) >= 11 is 0. The minimum atomic E-state index is -2.39. The third-order valence-electron chi connectivity index (χ3n) is 5.09. The Morgan fingerprint density at radius 1 is 1.04 bits per heavy atom. The highest BCUT2D eigenvalue weighted by Gasteiger charge is 2.53. The minimum absolute atomic E-state index is 0.153. The van der Waals surface area contributed by atoms with Crippen LogP contribution >= 0.6 is 0 Å². The van der Waals surface area contributed by atoms with Crippen LogP contribution in [0.15, 0.2) is 60.7 Å². The van der Waals surface area contributed by atoms with Crippen LogP contribution in [0.3, 0.4) is 0 Å². The van der Waals surface area contributed by atoms with Crippen molar-refractivity contribution in [3.8, 4) is 0 Å². The van der Waals surface area contributed by atoms with Crippen molar-refractivity contribution >= 4 is 24.4 Å². The van der Waals surface area contributed by atoms with Gasteiger partial charge in [0.05, 0.1) is 18.3 Å². The first-order chi connectivity index (χ1) is 11.0. The third-order valence-corrected chi connectivity index (χ3v) is 10.1. The Morgan fingerprint density at radius 3 is 1.96 bits per heavy atom. The Kier molecular flexibility index (Phi) is 4.37. The highest BCUT2D eigenvalue weighted by molar-refractivity contribution is 7.04. The van der Waals surface area contributed by atoms with Gasteiger partial charge in [-0.3, -0.25) is 4.79 Å². The molecule has 0 amide bonds. The van der Waals surface area contributed by atoms with Crippen LogP contribution in [0.25, 0.3) is 0 Å². The maximum atomic E-state index is 12.6. The van der Waals surface area contributed by atoms with E-state index >= 15 is 0 Å². The minimum Gasteiger partial charge on any atom is -0.465 e. The molecule has 0 bridgehead atoms. The molecule has 120 valence electrons. The van der Waals surface area contributed by atoms with Gasteiger partial charge in [-0.05, 0) is 6.92 Å². The van der Waals surface area contributed by atoms with E-state index < -0.39 is 14.2 Å². The summed E-state index contributed by atoms with van der Waals surface area (Å²) < 4.78 is 5.36. The number of carbonyl (C=O) groups excluding carboxylic acids is 1. The molecule has 0 aromatic heterocycles. The second kappa shape index (κ2) is 6.30. The molecule has 2 aromatic rings. The lowest BCUT2D eigenvalue weighted by atomic mass is 10.0. The molecule has 3 nitrogen and oxygen atoms in total. The fourth-order valence-corrected chi connectivity index (χ4v) is 8.32. The zero-order valence-electron chi connectivity index (χ0n) is 13.5. The number of aliphatic hydroxyl groups is 1. The topological polar surface area (TPSA) is 46.5 Å². The second-order valence-corrected chi connectivity index (χ2v) is 10.6. The number of hydrogen-bond donors (Lipinski definition) is 1. The first kappa shape index (κ1) is 16.0. The summed E-state index contributed by atoms with van der Waals surface area (Å²) in [6.07, 6.45) is -0.564. The van der Waals surface area contributed by atoms with E-state index in [1.807, 2.05) is 36.4 Å². The Labute approximate surface area is 137 Å². The van der Waals surface area contributed by atoms with Crippen LogP contribution in [0.5, 0.6) is 0 Å². The van der Waals surface area contributed by atoms with E-state index in [1.165, 1.54) is 10.4 Å². The molecule has 1 aliphatic rings. The van der Waals surface area contributed by atoms with Gasteiger partial charge in [0.2, 0.25) is 0 Å². The van der Waals surface area contributed by atoms with Crippen molar-refractivity contribution in [2.75, 3.05) is 6.61 Å². The molecule has 0 aliphatic carbocycles. The lowest BCUT2D eigenvalue weighted by molar-refractivity contribution is -0.138. The van der Waals surface area contributed by atoms with Crippen LogP contribution in [0.2, 0.25) is 12.1 Å². The van der Waals surface area contributed by atoms with Gasteiger partial charge in [-0.2, -0.15) is 0 Å². The zero-order valence-corrected chi connectivity index (χ0v) is 14.5. The number of cyclic esters (lactones) is 1. The SMILES string of the molecule is C[C@H](O)[C@H]1COC(=O)[C@H]1[Si](C)(c1ccccc1)c1ccccc1.